The number of hydrogen-bond acceptors (Lipinski definition) is 4. The molecule has 1 fully saturated rings. The number of hydrogen-bond donors (Lipinski definition) is 0. The largest absolute Gasteiger partial charge is 0.303 e. The van der Waals surface area contributed by atoms with Gasteiger partial charge < -0.3 is 9.80 Å². The summed E-state index contributed by atoms with van der Waals surface area (Å²) >= 11 is 0. The maximum Gasteiger partial charge on any atom is 0.167 e. The first-order valence-electron chi connectivity index (χ1n) is 8.76. The standard InChI is InChI=1S/C19H26N2O2/c1-3-20(4-2)9-10-21-12-14-11-15(13-21)19(23)17-8-6-5-7-16(17)18(14)22/h5-8,14-15H,3-4,9-13H2,1-2H3. The van der Waals surface area contributed by atoms with Crippen molar-refractivity contribution in [3.63, 3.8) is 0 Å². The predicted octanol–water partition coefficient (Wildman–Crippen LogP) is 2.35. The average molecular weight is 314 g/mol. The molecule has 0 N–H and O–H groups in total. The van der Waals surface area contributed by atoms with E-state index >= 15 is 0 Å². The molecule has 1 heterocycles. The Morgan fingerprint density at radius 2 is 1.52 bits per heavy atom. The van der Waals surface area contributed by atoms with E-state index in [0.717, 1.165) is 39.3 Å². The van der Waals surface area contributed by atoms with Crippen LogP contribution in [0.1, 0.15) is 41.0 Å². The lowest BCUT2D eigenvalue weighted by Gasteiger charge is -2.36. The van der Waals surface area contributed by atoms with Crippen LogP contribution in [0.5, 0.6) is 0 Å². The smallest absolute Gasteiger partial charge is 0.167 e. The van der Waals surface area contributed by atoms with Crippen LogP contribution in [0.15, 0.2) is 24.3 Å². The van der Waals surface area contributed by atoms with E-state index in [9.17, 15) is 9.59 Å². The summed E-state index contributed by atoms with van der Waals surface area (Å²) in [7, 11) is 0. The number of rotatable bonds is 5. The van der Waals surface area contributed by atoms with E-state index in [1.165, 1.54) is 0 Å². The molecule has 0 radical (unpaired) electrons. The Hall–Kier alpha value is -1.52. The summed E-state index contributed by atoms with van der Waals surface area (Å²) in [6, 6.07) is 7.35. The van der Waals surface area contributed by atoms with Gasteiger partial charge in [-0.05, 0) is 19.5 Å². The van der Waals surface area contributed by atoms with Crippen molar-refractivity contribution < 1.29 is 9.59 Å². The molecule has 1 aliphatic carbocycles. The minimum atomic E-state index is -0.0296. The first kappa shape index (κ1) is 16.3. The molecule has 3 rings (SSSR count). The summed E-state index contributed by atoms with van der Waals surface area (Å²) in [4.78, 5) is 30.3. The molecule has 1 saturated heterocycles. The van der Waals surface area contributed by atoms with Gasteiger partial charge in [-0.25, -0.2) is 0 Å². The fourth-order valence-corrected chi connectivity index (χ4v) is 3.93. The van der Waals surface area contributed by atoms with Crippen LogP contribution in [0.3, 0.4) is 0 Å². The zero-order valence-electron chi connectivity index (χ0n) is 14.1. The Morgan fingerprint density at radius 1 is 1.00 bits per heavy atom. The summed E-state index contributed by atoms with van der Waals surface area (Å²) in [5, 5.41) is 0. The number of carbonyl (C=O) groups is 2. The van der Waals surface area contributed by atoms with Crippen molar-refractivity contribution in [1.29, 1.82) is 0 Å². The summed E-state index contributed by atoms with van der Waals surface area (Å²) in [6.07, 6.45) is 0.716. The molecule has 0 amide bonds. The van der Waals surface area contributed by atoms with Crippen molar-refractivity contribution >= 4 is 11.6 Å². The van der Waals surface area contributed by atoms with Crippen molar-refractivity contribution in [3.05, 3.63) is 35.4 Å². The predicted molar refractivity (Wildman–Crippen MR) is 90.9 cm³/mol. The highest BCUT2D eigenvalue weighted by atomic mass is 16.1. The molecule has 1 aliphatic heterocycles. The van der Waals surface area contributed by atoms with E-state index in [1.807, 2.05) is 24.3 Å². The lowest BCUT2D eigenvalue weighted by molar-refractivity contribution is 0.0660. The van der Waals surface area contributed by atoms with Gasteiger partial charge in [0, 0.05) is 49.1 Å². The monoisotopic (exact) mass is 314 g/mol. The van der Waals surface area contributed by atoms with Crippen molar-refractivity contribution in [3.8, 4) is 0 Å². The Kier molecular flexibility index (Phi) is 4.93. The summed E-state index contributed by atoms with van der Waals surface area (Å²) < 4.78 is 0. The van der Waals surface area contributed by atoms with Crippen LogP contribution in [0, 0.1) is 11.8 Å². The van der Waals surface area contributed by atoms with Crippen molar-refractivity contribution in [1.82, 2.24) is 9.80 Å². The maximum absolute atomic E-state index is 12.8. The summed E-state index contributed by atoms with van der Waals surface area (Å²) in [5.74, 6) is 0.254. The second-order valence-corrected chi connectivity index (χ2v) is 6.69. The minimum Gasteiger partial charge on any atom is -0.303 e. The van der Waals surface area contributed by atoms with Gasteiger partial charge in [0.1, 0.15) is 0 Å². The van der Waals surface area contributed by atoms with Gasteiger partial charge in [0.2, 0.25) is 0 Å². The lowest BCUT2D eigenvalue weighted by Crippen LogP contribution is -2.46. The quantitative estimate of drug-likeness (QED) is 0.836. The van der Waals surface area contributed by atoms with E-state index in [2.05, 4.69) is 23.6 Å². The number of fused-ring (bicyclic) bond motifs is 3. The van der Waals surface area contributed by atoms with E-state index in [-0.39, 0.29) is 23.4 Å². The van der Waals surface area contributed by atoms with Gasteiger partial charge in [0.15, 0.2) is 11.6 Å². The molecular weight excluding hydrogens is 288 g/mol. The van der Waals surface area contributed by atoms with Gasteiger partial charge in [-0.1, -0.05) is 38.1 Å². The van der Waals surface area contributed by atoms with Crippen LogP contribution in [0.4, 0.5) is 0 Å². The van der Waals surface area contributed by atoms with Crippen molar-refractivity contribution in [2.45, 2.75) is 20.3 Å². The zero-order valence-corrected chi connectivity index (χ0v) is 14.1. The molecular formula is C19H26N2O2. The third-order valence-corrected chi connectivity index (χ3v) is 5.35. The number of piperidine rings is 1. The first-order valence-corrected chi connectivity index (χ1v) is 8.76. The van der Waals surface area contributed by atoms with Crippen LogP contribution in [0.25, 0.3) is 0 Å². The van der Waals surface area contributed by atoms with Gasteiger partial charge in [-0.3, -0.25) is 9.59 Å². The SMILES string of the molecule is CCN(CC)CCN1CC2CC(C1)C(=O)c1ccccc1C2=O. The maximum atomic E-state index is 12.8. The van der Waals surface area contributed by atoms with Crippen molar-refractivity contribution in [2.75, 3.05) is 39.3 Å². The van der Waals surface area contributed by atoms with Gasteiger partial charge in [0.25, 0.3) is 0 Å². The highest BCUT2D eigenvalue weighted by molar-refractivity contribution is 6.12. The van der Waals surface area contributed by atoms with E-state index in [1.54, 1.807) is 0 Å². The van der Waals surface area contributed by atoms with Crippen LogP contribution < -0.4 is 0 Å². The number of benzene rings is 1. The molecule has 2 bridgehead atoms. The molecule has 0 saturated carbocycles. The summed E-state index contributed by atoms with van der Waals surface area (Å²) in [5.41, 5.74) is 1.27. The highest BCUT2D eigenvalue weighted by Gasteiger charge is 2.40. The second kappa shape index (κ2) is 6.93. The molecule has 2 aliphatic rings. The summed E-state index contributed by atoms with van der Waals surface area (Å²) in [6.45, 7) is 9.94. The van der Waals surface area contributed by atoms with Gasteiger partial charge in [0.05, 0.1) is 0 Å². The van der Waals surface area contributed by atoms with Crippen molar-refractivity contribution in [2.24, 2.45) is 11.8 Å². The topological polar surface area (TPSA) is 40.6 Å². The van der Waals surface area contributed by atoms with Crippen LogP contribution in [-0.4, -0.2) is 60.6 Å². The Morgan fingerprint density at radius 3 is 2.00 bits per heavy atom. The lowest BCUT2D eigenvalue weighted by atomic mass is 9.86. The second-order valence-electron chi connectivity index (χ2n) is 6.69. The normalized spacial score (nSPS) is 24.7. The molecule has 124 valence electrons. The number of likely N-dealkylation sites (tertiary alicyclic amines) is 1. The molecule has 2 unspecified atom stereocenters. The van der Waals surface area contributed by atoms with Gasteiger partial charge in [-0.15, -0.1) is 0 Å². The van der Waals surface area contributed by atoms with Crippen LogP contribution >= 0.6 is 0 Å². The number of Topliss-reactive ketones (excluding diaryl/α,β-unsaturated/α-hetero) is 2. The minimum absolute atomic E-state index is 0.0296. The van der Waals surface area contributed by atoms with Gasteiger partial charge >= 0.3 is 0 Å². The number of nitrogens with zero attached hydrogens (tertiary/aromatic N) is 2. The van der Waals surface area contributed by atoms with Crippen LogP contribution in [-0.2, 0) is 0 Å². The number of ketones is 2. The molecule has 1 aromatic rings. The fraction of sp³-hybridized carbons (Fsp3) is 0.579. The average Bonchev–Trinajstić information content (AvgIpc) is 2.66. The van der Waals surface area contributed by atoms with E-state index < -0.39 is 0 Å². The van der Waals surface area contributed by atoms with Crippen LogP contribution in [0.2, 0.25) is 0 Å². The van der Waals surface area contributed by atoms with E-state index in [4.69, 9.17) is 0 Å². The highest BCUT2D eigenvalue weighted by Crippen LogP contribution is 2.32. The molecule has 0 aromatic heterocycles. The molecule has 4 nitrogen and oxygen atoms in total. The Labute approximate surface area is 138 Å². The number of carbonyl (C=O) groups excluding carboxylic acids is 2. The molecule has 2 atom stereocenters. The molecule has 1 aromatic carbocycles. The fourth-order valence-electron chi connectivity index (χ4n) is 3.93. The van der Waals surface area contributed by atoms with Gasteiger partial charge in [-0.2, -0.15) is 0 Å². The third kappa shape index (κ3) is 3.24. The number of likely N-dealkylation sites (N-methyl/N-ethyl adjacent to an activating group) is 1. The zero-order chi connectivity index (χ0) is 16.4. The Bertz CT molecular complexity index is 552. The molecule has 23 heavy (non-hydrogen) atoms. The molecule has 0 spiro atoms. The first-order chi connectivity index (χ1) is 11.1. The Balaban J connectivity index is 1.77. The van der Waals surface area contributed by atoms with E-state index in [0.29, 0.717) is 17.5 Å². The third-order valence-electron chi connectivity index (χ3n) is 5.35. The molecule has 4 heteroatoms.